The Hall–Kier alpha value is -2.75. The van der Waals surface area contributed by atoms with Crippen LogP contribution in [0.5, 0.6) is 0 Å². The molecule has 162 valence electrons. The van der Waals surface area contributed by atoms with Crippen LogP contribution in [-0.2, 0) is 6.42 Å². The summed E-state index contributed by atoms with van der Waals surface area (Å²) < 4.78 is 0. The number of fused-ring (bicyclic) bond motifs is 2. The van der Waals surface area contributed by atoms with Crippen molar-refractivity contribution in [1.29, 1.82) is 0 Å². The molecule has 0 radical (unpaired) electrons. The highest BCUT2D eigenvalue weighted by molar-refractivity contribution is 7.99. The first-order valence-corrected chi connectivity index (χ1v) is 11.8. The molecule has 0 unspecified atom stereocenters. The Kier molecular flexibility index (Phi) is 4.78. The highest BCUT2D eigenvalue weighted by Gasteiger charge is 2.46. The van der Waals surface area contributed by atoms with E-state index in [0.29, 0.717) is 26.5 Å². The molecule has 0 saturated carbocycles. The van der Waals surface area contributed by atoms with Crippen LogP contribution in [0.4, 0.5) is 5.95 Å². The van der Waals surface area contributed by atoms with Crippen molar-refractivity contribution in [2.24, 2.45) is 11.1 Å². The van der Waals surface area contributed by atoms with E-state index in [0.717, 1.165) is 38.3 Å². The highest BCUT2D eigenvalue weighted by atomic mass is 35.5. The number of rotatable bonds is 3. The van der Waals surface area contributed by atoms with E-state index >= 15 is 0 Å². The average Bonchev–Trinajstić information content (AvgIpc) is 3.35. The molecule has 6 rings (SSSR count). The molecule has 8 nitrogen and oxygen atoms in total. The number of hydrogen-bond donors (Lipinski definition) is 2. The SMILES string of the molecule is N[C@@H]1c2ccccc2CC12CCN(c1nc3nc(Sc4nccnc4Cl)cnc3[nH]1)CC2. The lowest BCUT2D eigenvalue weighted by Gasteiger charge is -2.42. The van der Waals surface area contributed by atoms with E-state index in [4.69, 9.17) is 22.3 Å². The van der Waals surface area contributed by atoms with Crippen LogP contribution in [0.15, 0.2) is 52.9 Å². The van der Waals surface area contributed by atoms with E-state index < -0.39 is 0 Å². The third kappa shape index (κ3) is 3.32. The van der Waals surface area contributed by atoms with Gasteiger partial charge in [0.1, 0.15) is 10.1 Å². The summed E-state index contributed by atoms with van der Waals surface area (Å²) >= 11 is 7.43. The van der Waals surface area contributed by atoms with Gasteiger partial charge in [0, 0.05) is 31.5 Å². The Morgan fingerprint density at radius 2 is 1.91 bits per heavy atom. The molecule has 10 heteroatoms. The summed E-state index contributed by atoms with van der Waals surface area (Å²) in [6.07, 6.45) is 7.98. The van der Waals surface area contributed by atoms with Gasteiger partial charge in [-0.2, -0.15) is 4.98 Å². The zero-order valence-electron chi connectivity index (χ0n) is 17.2. The average molecular weight is 465 g/mol. The van der Waals surface area contributed by atoms with Crippen molar-refractivity contribution in [2.75, 3.05) is 18.0 Å². The maximum absolute atomic E-state index is 6.71. The largest absolute Gasteiger partial charge is 0.342 e. The van der Waals surface area contributed by atoms with E-state index in [-0.39, 0.29) is 11.5 Å². The lowest BCUT2D eigenvalue weighted by Crippen LogP contribution is -2.44. The molecular weight excluding hydrogens is 444 g/mol. The first-order valence-electron chi connectivity index (χ1n) is 10.6. The summed E-state index contributed by atoms with van der Waals surface area (Å²) in [6, 6.07) is 8.70. The molecule has 1 aromatic carbocycles. The normalized spacial score (nSPS) is 19.6. The van der Waals surface area contributed by atoms with Crippen LogP contribution in [0.2, 0.25) is 5.15 Å². The second-order valence-electron chi connectivity index (χ2n) is 8.40. The van der Waals surface area contributed by atoms with Crippen molar-refractivity contribution in [3.63, 3.8) is 0 Å². The topological polar surface area (TPSA) is 110 Å². The van der Waals surface area contributed by atoms with Crippen molar-refractivity contribution >= 4 is 40.6 Å². The van der Waals surface area contributed by atoms with Gasteiger partial charge < -0.3 is 15.6 Å². The molecule has 3 aromatic heterocycles. The minimum absolute atomic E-state index is 0.104. The van der Waals surface area contributed by atoms with Gasteiger partial charge in [0.2, 0.25) is 5.95 Å². The van der Waals surface area contributed by atoms with Gasteiger partial charge in [-0.15, -0.1) is 0 Å². The number of benzene rings is 1. The maximum atomic E-state index is 6.71. The predicted molar refractivity (Wildman–Crippen MR) is 124 cm³/mol. The van der Waals surface area contributed by atoms with Crippen molar-refractivity contribution in [3.8, 4) is 0 Å². The van der Waals surface area contributed by atoms with Crippen LogP contribution in [-0.4, -0.2) is 43.0 Å². The third-order valence-electron chi connectivity index (χ3n) is 6.65. The summed E-state index contributed by atoms with van der Waals surface area (Å²) in [6.45, 7) is 1.80. The molecular formula is C22H21ClN8S. The van der Waals surface area contributed by atoms with Gasteiger partial charge in [-0.05, 0) is 47.6 Å². The molecule has 1 atom stereocenters. The van der Waals surface area contributed by atoms with Crippen LogP contribution in [0.3, 0.4) is 0 Å². The van der Waals surface area contributed by atoms with Crippen LogP contribution < -0.4 is 10.6 Å². The van der Waals surface area contributed by atoms with Gasteiger partial charge in [-0.3, -0.25) is 0 Å². The van der Waals surface area contributed by atoms with Gasteiger partial charge in [-0.25, -0.2) is 19.9 Å². The fraction of sp³-hybridized carbons (Fsp3) is 0.318. The number of imidazole rings is 1. The van der Waals surface area contributed by atoms with E-state index in [1.165, 1.54) is 22.9 Å². The number of nitrogens with two attached hydrogens (primary N) is 1. The molecule has 4 aromatic rings. The highest BCUT2D eigenvalue weighted by Crippen LogP contribution is 2.50. The van der Waals surface area contributed by atoms with Crippen molar-refractivity contribution in [1.82, 2.24) is 29.9 Å². The standard InChI is InChI=1S/C22H21ClN8S/c23-17-20(26-8-7-25-17)32-15-12-27-18-19(28-15)30-21(29-18)31-9-5-22(6-10-31)11-13-3-1-2-4-14(13)16(22)24/h1-4,7-8,12,16H,5-6,9-11,24H2,(H,27,28,29,30)/t16-/m1/s1. The van der Waals surface area contributed by atoms with E-state index in [1.807, 2.05) is 0 Å². The number of nitrogens with one attached hydrogen (secondary N) is 1. The Balaban J connectivity index is 1.19. The van der Waals surface area contributed by atoms with Crippen LogP contribution in [0, 0.1) is 5.41 Å². The predicted octanol–water partition coefficient (Wildman–Crippen LogP) is 3.79. The lowest BCUT2D eigenvalue weighted by molar-refractivity contribution is 0.187. The fourth-order valence-electron chi connectivity index (χ4n) is 4.91. The van der Waals surface area contributed by atoms with Crippen LogP contribution >= 0.6 is 23.4 Å². The molecule has 0 bridgehead atoms. The number of anilines is 1. The second kappa shape index (κ2) is 7.68. The number of nitrogens with zero attached hydrogens (tertiary/aromatic N) is 6. The number of H-pyrrole nitrogens is 1. The molecule has 4 heterocycles. The summed E-state index contributed by atoms with van der Waals surface area (Å²) in [5.41, 5.74) is 10.8. The molecule has 1 aliphatic heterocycles. The minimum atomic E-state index is 0.104. The Bertz CT molecular complexity index is 1300. The minimum Gasteiger partial charge on any atom is -0.342 e. The monoisotopic (exact) mass is 464 g/mol. The van der Waals surface area contributed by atoms with Gasteiger partial charge in [0.25, 0.3) is 0 Å². The third-order valence-corrected chi connectivity index (χ3v) is 7.94. The van der Waals surface area contributed by atoms with Crippen molar-refractivity contribution in [3.05, 3.63) is 59.1 Å². The quantitative estimate of drug-likeness (QED) is 0.471. The van der Waals surface area contributed by atoms with Gasteiger partial charge in [0.15, 0.2) is 16.4 Å². The first-order chi connectivity index (χ1) is 15.6. The van der Waals surface area contributed by atoms with Crippen molar-refractivity contribution in [2.45, 2.75) is 35.4 Å². The summed E-state index contributed by atoms with van der Waals surface area (Å²) in [7, 11) is 0. The zero-order valence-corrected chi connectivity index (χ0v) is 18.8. The molecule has 0 amide bonds. The fourth-order valence-corrected chi connectivity index (χ4v) is 5.82. The lowest BCUT2D eigenvalue weighted by atomic mass is 9.73. The summed E-state index contributed by atoms with van der Waals surface area (Å²) in [5, 5.41) is 1.61. The van der Waals surface area contributed by atoms with E-state index in [1.54, 1.807) is 18.6 Å². The van der Waals surface area contributed by atoms with E-state index in [2.05, 4.69) is 54.1 Å². The molecule has 2 aliphatic rings. The first kappa shape index (κ1) is 19.9. The second-order valence-corrected chi connectivity index (χ2v) is 9.77. The Labute approximate surface area is 194 Å². The molecule has 32 heavy (non-hydrogen) atoms. The summed E-state index contributed by atoms with van der Waals surface area (Å²) in [5.74, 6) is 0.804. The van der Waals surface area contributed by atoms with Gasteiger partial charge in [-0.1, -0.05) is 35.9 Å². The van der Waals surface area contributed by atoms with Gasteiger partial charge in [0.05, 0.1) is 6.20 Å². The number of piperidine rings is 1. The summed E-state index contributed by atoms with van der Waals surface area (Å²) in [4.78, 5) is 27.7. The number of aromatic amines is 1. The zero-order chi connectivity index (χ0) is 21.7. The molecule has 1 spiro atoms. The van der Waals surface area contributed by atoms with Crippen LogP contribution in [0.1, 0.15) is 30.0 Å². The molecule has 1 aliphatic carbocycles. The van der Waals surface area contributed by atoms with Crippen LogP contribution in [0.25, 0.3) is 11.3 Å². The molecule has 3 N–H and O–H groups in total. The number of hydrogen-bond acceptors (Lipinski definition) is 8. The molecule has 1 fully saturated rings. The van der Waals surface area contributed by atoms with Gasteiger partial charge >= 0.3 is 0 Å². The van der Waals surface area contributed by atoms with E-state index in [9.17, 15) is 0 Å². The maximum Gasteiger partial charge on any atom is 0.206 e. The van der Waals surface area contributed by atoms with Crippen molar-refractivity contribution < 1.29 is 0 Å². The smallest absolute Gasteiger partial charge is 0.206 e. The Morgan fingerprint density at radius 3 is 2.72 bits per heavy atom. The number of halogens is 1. The number of aromatic nitrogens is 6. The molecule has 1 saturated heterocycles. The Morgan fingerprint density at radius 1 is 1.09 bits per heavy atom.